The number of rotatable bonds is 5. The Morgan fingerprint density at radius 1 is 1.13 bits per heavy atom. The minimum atomic E-state index is -3.00. The molecule has 0 fully saturated rings. The van der Waals surface area contributed by atoms with Crippen LogP contribution < -0.4 is 0 Å². The average molecular weight is 423 g/mol. The summed E-state index contributed by atoms with van der Waals surface area (Å²) in [4.78, 5) is 25.3. The van der Waals surface area contributed by atoms with Gasteiger partial charge in [0.1, 0.15) is 17.2 Å². The van der Waals surface area contributed by atoms with Gasteiger partial charge < -0.3 is 9.20 Å². The zero-order chi connectivity index (χ0) is 20.2. The van der Waals surface area contributed by atoms with E-state index in [1.165, 1.54) is 13.0 Å². The number of aromatic nitrogens is 2. The highest BCUT2D eigenvalue weighted by Crippen LogP contribution is 2.33. The van der Waals surface area contributed by atoms with Crippen molar-refractivity contribution < 1.29 is 18.4 Å². The Morgan fingerprint density at radius 3 is 2.17 bits per heavy atom. The fourth-order valence-corrected chi connectivity index (χ4v) is 2.64. The molecule has 0 aliphatic heterocycles. The molecule has 4 nitrogen and oxygen atoms in total. The third-order valence-corrected chi connectivity index (χ3v) is 4.11. The molecule has 1 aliphatic rings. The Labute approximate surface area is 179 Å². The summed E-state index contributed by atoms with van der Waals surface area (Å²) in [6.45, 7) is 5.76. The number of ketones is 2. The van der Waals surface area contributed by atoms with Crippen molar-refractivity contribution in [2.45, 2.75) is 75.2 Å². The van der Waals surface area contributed by atoms with E-state index in [1.54, 1.807) is 23.7 Å². The molecule has 3 rings (SSSR count). The van der Waals surface area contributed by atoms with Gasteiger partial charge >= 0.3 is 0 Å². The van der Waals surface area contributed by atoms with E-state index >= 15 is 0 Å². The molecular weight excluding hydrogens is 386 g/mol. The van der Waals surface area contributed by atoms with Gasteiger partial charge in [-0.3, -0.25) is 4.79 Å². The maximum atomic E-state index is 14.0. The molecule has 168 valence electrons. The molecule has 0 atom stereocenters. The molecule has 0 spiro atoms. The minimum Gasteiger partial charge on any atom is -0.306 e. The van der Waals surface area contributed by atoms with E-state index in [1.807, 2.05) is 25.2 Å². The molecule has 30 heavy (non-hydrogen) atoms. The normalized spacial score (nSPS) is 12.0. The average Bonchev–Trinajstić information content (AvgIpc) is 3.21. The molecule has 0 radical (unpaired) electrons. The zero-order valence-electron chi connectivity index (χ0n) is 16.1. The van der Waals surface area contributed by atoms with Gasteiger partial charge in [0.2, 0.25) is 0 Å². The molecule has 2 heterocycles. The lowest BCUT2D eigenvalue weighted by atomic mass is 10.0. The molecule has 0 bridgehead atoms. The van der Waals surface area contributed by atoms with Crippen LogP contribution in [0.15, 0.2) is 36.7 Å². The summed E-state index contributed by atoms with van der Waals surface area (Å²) < 4.78 is 29.5. The van der Waals surface area contributed by atoms with E-state index < -0.39 is 5.92 Å². The number of alkyl halides is 2. The van der Waals surface area contributed by atoms with Crippen molar-refractivity contribution in [1.82, 2.24) is 9.38 Å². The van der Waals surface area contributed by atoms with Crippen LogP contribution in [-0.2, 0) is 21.9 Å². The highest BCUT2D eigenvalue weighted by Gasteiger charge is 2.29. The number of carbonyl (C=O) groups is 2. The van der Waals surface area contributed by atoms with Gasteiger partial charge in [0, 0.05) is 32.2 Å². The number of Topliss-reactive ketones (excluding diaryl/α,β-unsaturated/α-hetero) is 2. The number of imidazole rings is 1. The van der Waals surface area contributed by atoms with Crippen molar-refractivity contribution in [3.8, 4) is 0 Å². The maximum Gasteiger partial charge on any atom is 0.274 e. The van der Waals surface area contributed by atoms with Gasteiger partial charge in [0.15, 0.2) is 0 Å². The van der Waals surface area contributed by atoms with Gasteiger partial charge in [-0.25, -0.2) is 13.8 Å². The Kier molecular flexibility index (Phi) is 12.0. The van der Waals surface area contributed by atoms with Crippen molar-refractivity contribution in [1.29, 1.82) is 0 Å². The molecule has 0 aromatic carbocycles. The highest BCUT2D eigenvalue weighted by atomic mass is 19.3. The van der Waals surface area contributed by atoms with Crippen LogP contribution in [0.3, 0.4) is 0 Å². The van der Waals surface area contributed by atoms with E-state index in [0.29, 0.717) is 12.1 Å². The Balaban J connectivity index is 0. The van der Waals surface area contributed by atoms with Gasteiger partial charge in [-0.05, 0) is 37.5 Å². The smallest absolute Gasteiger partial charge is 0.274 e. The fraction of sp³-hybridized carbons (Fsp3) is 0.458. The molecule has 0 amide bonds. The van der Waals surface area contributed by atoms with E-state index in [9.17, 15) is 18.4 Å². The standard InChI is InChI=1S/C17H16F2N2O.C4H8O.3CH4/c1-11(22)7-14-10-21-9-13(12-5-3-4-6-12)8-15(16(21)20-14)17(2,18)19;1-3-4(2)5;;;/h3,5-6,8-10H,4,7H2,1-2H3;3H2,1-2H3;3*1H4. The van der Waals surface area contributed by atoms with Crippen LogP contribution in [0.5, 0.6) is 0 Å². The third kappa shape index (κ3) is 7.65. The first-order valence-corrected chi connectivity index (χ1v) is 8.87. The fourth-order valence-electron chi connectivity index (χ4n) is 2.64. The summed E-state index contributed by atoms with van der Waals surface area (Å²) in [5.74, 6) is -2.79. The van der Waals surface area contributed by atoms with Crippen molar-refractivity contribution in [3.05, 3.63) is 53.5 Å². The lowest BCUT2D eigenvalue weighted by Crippen LogP contribution is -2.10. The summed E-state index contributed by atoms with van der Waals surface area (Å²) in [6, 6.07) is 1.49. The van der Waals surface area contributed by atoms with E-state index in [-0.39, 0.29) is 51.5 Å². The first-order chi connectivity index (χ1) is 12.6. The molecule has 0 saturated carbocycles. The van der Waals surface area contributed by atoms with Crippen LogP contribution in [0.4, 0.5) is 8.78 Å². The van der Waals surface area contributed by atoms with Gasteiger partial charge in [0.25, 0.3) is 5.92 Å². The Bertz CT molecular complexity index is 919. The van der Waals surface area contributed by atoms with Crippen LogP contribution in [0, 0.1) is 0 Å². The lowest BCUT2D eigenvalue weighted by Gasteiger charge is -2.14. The van der Waals surface area contributed by atoms with Gasteiger partial charge in [-0.2, -0.15) is 0 Å². The monoisotopic (exact) mass is 422 g/mol. The predicted octanol–water partition coefficient (Wildman–Crippen LogP) is 6.81. The quantitative estimate of drug-likeness (QED) is 0.531. The number of hydrogen-bond donors (Lipinski definition) is 0. The van der Waals surface area contributed by atoms with Crippen LogP contribution >= 0.6 is 0 Å². The predicted molar refractivity (Wildman–Crippen MR) is 122 cm³/mol. The molecule has 2 aromatic heterocycles. The van der Waals surface area contributed by atoms with E-state index in [0.717, 1.165) is 24.5 Å². The largest absolute Gasteiger partial charge is 0.306 e. The number of allylic oxidation sites excluding steroid dienone is 4. The summed E-state index contributed by atoms with van der Waals surface area (Å²) in [7, 11) is 0. The number of halogens is 2. The molecule has 0 N–H and O–H groups in total. The van der Waals surface area contributed by atoms with Crippen molar-refractivity contribution >= 4 is 22.8 Å². The molecule has 6 heteroatoms. The van der Waals surface area contributed by atoms with Crippen molar-refractivity contribution in [2.24, 2.45) is 0 Å². The van der Waals surface area contributed by atoms with Gasteiger partial charge in [-0.1, -0.05) is 47.4 Å². The van der Waals surface area contributed by atoms with Crippen LogP contribution in [0.2, 0.25) is 0 Å². The second-order valence-electron chi connectivity index (χ2n) is 6.73. The second kappa shape index (κ2) is 12.2. The molecule has 1 aliphatic carbocycles. The van der Waals surface area contributed by atoms with Gasteiger partial charge in [-0.15, -0.1) is 0 Å². The molecular formula is C24H36F2N2O2. The highest BCUT2D eigenvalue weighted by molar-refractivity contribution is 5.79. The number of carbonyl (C=O) groups excluding carboxylic acids is 2. The van der Waals surface area contributed by atoms with Crippen molar-refractivity contribution in [3.63, 3.8) is 0 Å². The Morgan fingerprint density at radius 2 is 1.73 bits per heavy atom. The molecule has 0 saturated heterocycles. The van der Waals surface area contributed by atoms with Crippen LogP contribution in [0.1, 0.15) is 79.6 Å². The first-order valence-electron chi connectivity index (χ1n) is 8.87. The second-order valence-corrected chi connectivity index (χ2v) is 6.73. The minimum absolute atomic E-state index is 0. The molecule has 2 aromatic rings. The summed E-state index contributed by atoms with van der Waals surface area (Å²) in [6.07, 6.45) is 11.0. The third-order valence-electron chi connectivity index (χ3n) is 4.11. The summed E-state index contributed by atoms with van der Waals surface area (Å²) in [5, 5.41) is 0. The number of pyridine rings is 1. The molecule has 0 unspecified atom stereocenters. The van der Waals surface area contributed by atoms with Gasteiger partial charge in [0.05, 0.1) is 11.3 Å². The van der Waals surface area contributed by atoms with E-state index in [2.05, 4.69) is 4.98 Å². The SMILES string of the molecule is C.C.C.CC(=O)Cc1cn2cc(C3=CCC=C3)cc(C(C)(F)F)c2n1.CCC(C)=O. The van der Waals surface area contributed by atoms with Crippen LogP contribution in [-0.4, -0.2) is 21.0 Å². The maximum absolute atomic E-state index is 14.0. The Hall–Kier alpha value is -2.63. The summed E-state index contributed by atoms with van der Waals surface area (Å²) in [5.41, 5.74) is 2.24. The lowest BCUT2D eigenvalue weighted by molar-refractivity contribution is -0.117. The number of hydrogen-bond acceptors (Lipinski definition) is 3. The summed E-state index contributed by atoms with van der Waals surface area (Å²) >= 11 is 0. The number of nitrogens with zero attached hydrogens (tertiary/aromatic N) is 2. The van der Waals surface area contributed by atoms with Crippen LogP contribution in [0.25, 0.3) is 11.2 Å². The zero-order valence-corrected chi connectivity index (χ0v) is 16.1. The van der Waals surface area contributed by atoms with Crippen molar-refractivity contribution in [2.75, 3.05) is 0 Å². The topological polar surface area (TPSA) is 51.4 Å². The van der Waals surface area contributed by atoms with E-state index in [4.69, 9.17) is 0 Å². The first kappa shape index (κ1) is 29.6. The number of fused-ring (bicyclic) bond motifs is 1.